The maximum atomic E-state index is 10.9. The van der Waals surface area contributed by atoms with Gasteiger partial charge >= 0.3 is 5.97 Å². The van der Waals surface area contributed by atoms with Crippen molar-refractivity contribution >= 4 is 16.9 Å². The lowest BCUT2D eigenvalue weighted by molar-refractivity contribution is 0.0696. The van der Waals surface area contributed by atoms with Crippen LogP contribution >= 0.6 is 0 Å². The van der Waals surface area contributed by atoms with Crippen molar-refractivity contribution in [1.29, 1.82) is 0 Å². The molecule has 0 aliphatic carbocycles. The molecule has 0 saturated carbocycles. The van der Waals surface area contributed by atoms with Crippen molar-refractivity contribution in [3.05, 3.63) is 102 Å². The number of carboxylic acid groups (broad SMARTS) is 1. The summed E-state index contributed by atoms with van der Waals surface area (Å²) in [6.45, 7) is 0. The van der Waals surface area contributed by atoms with Crippen LogP contribution in [0.25, 0.3) is 10.9 Å². The van der Waals surface area contributed by atoms with E-state index < -0.39 is 5.97 Å². The summed E-state index contributed by atoms with van der Waals surface area (Å²) in [4.78, 5) is 15.1. The van der Waals surface area contributed by atoms with Gasteiger partial charge in [-0.15, -0.1) is 0 Å². The molecule has 4 nitrogen and oxygen atoms in total. The van der Waals surface area contributed by atoms with Crippen LogP contribution in [0.1, 0.15) is 21.5 Å². The highest BCUT2D eigenvalue weighted by molar-refractivity contribution is 5.88. The summed E-state index contributed by atoms with van der Waals surface area (Å²) in [5.74, 6) is 0.684. The molecule has 0 radical (unpaired) electrons. The van der Waals surface area contributed by atoms with Crippen molar-refractivity contribution in [2.24, 2.45) is 0 Å². The molecule has 1 N–H and O–H groups in total. The molecule has 3 aromatic carbocycles. The van der Waals surface area contributed by atoms with Crippen molar-refractivity contribution in [2.75, 3.05) is 0 Å². The van der Waals surface area contributed by atoms with Crippen LogP contribution in [0.2, 0.25) is 0 Å². The zero-order valence-corrected chi connectivity index (χ0v) is 14.5. The van der Waals surface area contributed by atoms with Gasteiger partial charge in [-0.05, 0) is 42.0 Å². The van der Waals surface area contributed by atoms with Crippen LogP contribution in [-0.4, -0.2) is 16.1 Å². The Morgan fingerprint density at radius 2 is 1.59 bits per heavy atom. The van der Waals surface area contributed by atoms with Crippen LogP contribution in [0.5, 0.6) is 11.5 Å². The zero-order valence-electron chi connectivity index (χ0n) is 14.5. The molecule has 0 spiro atoms. The van der Waals surface area contributed by atoms with Crippen LogP contribution in [0, 0.1) is 0 Å². The van der Waals surface area contributed by atoms with E-state index >= 15 is 0 Å². The first kappa shape index (κ1) is 16.8. The normalized spacial score (nSPS) is 11.4. The minimum absolute atomic E-state index is 0.298. The number of aromatic carboxylic acids is 1. The molecular formula is C23H17NO3. The first-order valence-corrected chi connectivity index (χ1v) is 8.62. The monoisotopic (exact) mass is 355 g/mol. The fourth-order valence-electron chi connectivity index (χ4n) is 3.04. The number of para-hydroxylation sites is 2. The minimum Gasteiger partial charge on any atom is -0.478 e. The second-order valence-electron chi connectivity index (χ2n) is 6.21. The third-order valence-electron chi connectivity index (χ3n) is 4.39. The van der Waals surface area contributed by atoms with Gasteiger partial charge in [-0.1, -0.05) is 42.5 Å². The van der Waals surface area contributed by atoms with Gasteiger partial charge in [-0.3, -0.25) is 4.98 Å². The van der Waals surface area contributed by atoms with Crippen molar-refractivity contribution in [1.82, 2.24) is 4.98 Å². The Kier molecular flexibility index (Phi) is 4.54. The molecule has 1 aliphatic rings. The Bertz CT molecular complexity index is 1060. The number of rotatable bonds is 1. The van der Waals surface area contributed by atoms with Crippen LogP contribution in [0.3, 0.4) is 0 Å². The predicted octanol–water partition coefficient (Wildman–Crippen LogP) is 5.32. The van der Waals surface area contributed by atoms with E-state index in [0.717, 1.165) is 28.1 Å². The smallest absolute Gasteiger partial charge is 0.335 e. The largest absolute Gasteiger partial charge is 0.478 e. The Hall–Kier alpha value is -3.66. The molecule has 132 valence electrons. The number of carboxylic acids is 1. The molecule has 0 bridgehead atoms. The molecular weight excluding hydrogens is 338 g/mol. The van der Waals surface area contributed by atoms with Gasteiger partial charge in [-0.25, -0.2) is 4.79 Å². The zero-order chi connectivity index (χ0) is 18.6. The second kappa shape index (κ2) is 7.30. The van der Waals surface area contributed by atoms with Crippen LogP contribution in [0.15, 0.2) is 85.1 Å². The molecule has 5 rings (SSSR count). The van der Waals surface area contributed by atoms with E-state index in [-0.39, 0.29) is 0 Å². The number of fused-ring (bicyclic) bond motifs is 3. The number of benzene rings is 3. The predicted molar refractivity (Wildman–Crippen MR) is 104 cm³/mol. The summed E-state index contributed by atoms with van der Waals surface area (Å²) in [7, 11) is 0. The highest BCUT2D eigenvalue weighted by atomic mass is 16.5. The first-order valence-electron chi connectivity index (χ1n) is 8.62. The minimum atomic E-state index is -0.911. The van der Waals surface area contributed by atoms with Gasteiger partial charge in [0.25, 0.3) is 0 Å². The molecule has 4 aromatic rings. The lowest BCUT2D eigenvalue weighted by atomic mass is 9.99. The van der Waals surface area contributed by atoms with Gasteiger partial charge in [0.2, 0.25) is 0 Å². The van der Waals surface area contributed by atoms with Crippen molar-refractivity contribution in [3.8, 4) is 11.5 Å². The molecule has 0 atom stereocenters. The number of hydrogen-bond donors (Lipinski definition) is 1. The topological polar surface area (TPSA) is 59.4 Å². The van der Waals surface area contributed by atoms with E-state index in [1.807, 2.05) is 54.7 Å². The third-order valence-corrected chi connectivity index (χ3v) is 4.39. The number of ether oxygens (including phenoxy) is 1. The molecule has 0 saturated heterocycles. The van der Waals surface area contributed by atoms with Crippen molar-refractivity contribution in [3.63, 3.8) is 0 Å². The molecule has 0 unspecified atom stereocenters. The van der Waals surface area contributed by atoms with Crippen LogP contribution in [-0.2, 0) is 6.42 Å². The molecule has 1 aliphatic heterocycles. The van der Waals surface area contributed by atoms with Gasteiger partial charge < -0.3 is 9.84 Å². The number of aromatic nitrogens is 1. The summed E-state index contributed by atoms with van der Waals surface area (Å²) in [6.07, 6.45) is 2.52. The third kappa shape index (κ3) is 3.65. The van der Waals surface area contributed by atoms with E-state index in [2.05, 4.69) is 17.1 Å². The summed E-state index contributed by atoms with van der Waals surface area (Å²) in [5, 5.41) is 10.1. The van der Waals surface area contributed by atoms with Gasteiger partial charge in [0.1, 0.15) is 11.5 Å². The standard InChI is InChI=1S/C14H10O3.C9H7N/c15-14(16)10-5-6-13-11(8-10)7-9-3-1-2-4-12(9)17-13;1-2-6-9-8(4-1)5-3-7-10-9/h1-6,8H,7H2,(H,15,16);1-7H. The molecule has 1 aromatic heterocycles. The average molecular weight is 355 g/mol. The molecule has 0 amide bonds. The van der Waals surface area contributed by atoms with Crippen LogP contribution in [0.4, 0.5) is 0 Å². The fourth-order valence-corrected chi connectivity index (χ4v) is 3.04. The summed E-state index contributed by atoms with van der Waals surface area (Å²) < 4.78 is 5.72. The Balaban J connectivity index is 0.000000153. The van der Waals surface area contributed by atoms with E-state index in [4.69, 9.17) is 9.84 Å². The molecule has 0 fully saturated rings. The number of hydrogen-bond acceptors (Lipinski definition) is 3. The van der Waals surface area contributed by atoms with Gasteiger partial charge in [0.15, 0.2) is 0 Å². The lowest BCUT2D eigenvalue weighted by Gasteiger charge is -2.20. The highest BCUT2D eigenvalue weighted by Gasteiger charge is 2.17. The van der Waals surface area contributed by atoms with Crippen LogP contribution < -0.4 is 4.74 Å². The van der Waals surface area contributed by atoms with Gasteiger partial charge in [0, 0.05) is 23.6 Å². The Morgan fingerprint density at radius 3 is 2.44 bits per heavy atom. The first-order chi connectivity index (χ1) is 13.2. The van der Waals surface area contributed by atoms with E-state index in [1.165, 1.54) is 5.39 Å². The fraction of sp³-hybridized carbons (Fsp3) is 0.0435. The number of pyridine rings is 1. The summed E-state index contributed by atoms with van der Waals surface area (Å²) in [5.41, 5.74) is 3.36. The lowest BCUT2D eigenvalue weighted by Crippen LogP contribution is -2.05. The van der Waals surface area contributed by atoms with Crippen molar-refractivity contribution in [2.45, 2.75) is 6.42 Å². The van der Waals surface area contributed by atoms with Gasteiger partial charge in [0.05, 0.1) is 11.1 Å². The molecule has 27 heavy (non-hydrogen) atoms. The van der Waals surface area contributed by atoms with E-state index in [9.17, 15) is 4.79 Å². The Labute approximate surface area is 156 Å². The number of carbonyl (C=O) groups is 1. The quantitative estimate of drug-likeness (QED) is 0.442. The molecule has 2 heterocycles. The van der Waals surface area contributed by atoms with E-state index in [1.54, 1.807) is 18.2 Å². The second-order valence-corrected chi connectivity index (χ2v) is 6.21. The Morgan fingerprint density at radius 1 is 0.852 bits per heavy atom. The number of nitrogens with zero attached hydrogens (tertiary/aromatic N) is 1. The average Bonchev–Trinajstić information content (AvgIpc) is 2.72. The van der Waals surface area contributed by atoms with Gasteiger partial charge in [-0.2, -0.15) is 0 Å². The maximum Gasteiger partial charge on any atom is 0.335 e. The summed E-state index contributed by atoms with van der Waals surface area (Å²) >= 11 is 0. The SMILES string of the molecule is O=C(O)c1ccc2c(c1)Cc1ccccc1O2.c1ccc2ncccc2c1. The van der Waals surface area contributed by atoms with Crippen molar-refractivity contribution < 1.29 is 14.6 Å². The molecule has 4 heteroatoms. The highest BCUT2D eigenvalue weighted by Crippen LogP contribution is 2.36. The summed E-state index contributed by atoms with van der Waals surface area (Å²) in [6, 6.07) is 24.8. The van der Waals surface area contributed by atoms with E-state index in [0.29, 0.717) is 12.0 Å². The maximum absolute atomic E-state index is 10.9.